The first-order chi connectivity index (χ1) is 14.4. The van der Waals surface area contributed by atoms with Gasteiger partial charge in [-0.1, -0.05) is 52.9 Å². The lowest BCUT2D eigenvalue weighted by Crippen LogP contribution is -2.52. The summed E-state index contributed by atoms with van der Waals surface area (Å²) < 4.78 is 44.0. The lowest BCUT2D eigenvalue weighted by atomic mass is 10.1. The van der Waals surface area contributed by atoms with E-state index in [0.717, 1.165) is 63.0 Å². The summed E-state index contributed by atoms with van der Waals surface area (Å²) in [4.78, 5) is 0. The summed E-state index contributed by atoms with van der Waals surface area (Å²) in [5.41, 5.74) is 0. The molecule has 6 nitrogen and oxygen atoms in total. The van der Waals surface area contributed by atoms with Crippen LogP contribution in [0.3, 0.4) is 0 Å². The molecule has 0 aliphatic rings. The SMILES string of the molecule is CCCCCC[N+](CCCCCC)(CCCS(=O)(=O)O)CCOCCOCCCC. The van der Waals surface area contributed by atoms with Crippen molar-refractivity contribution in [1.29, 1.82) is 0 Å². The van der Waals surface area contributed by atoms with Crippen LogP contribution in [0, 0.1) is 0 Å². The van der Waals surface area contributed by atoms with Crippen LogP contribution in [-0.4, -0.2) is 75.8 Å². The van der Waals surface area contributed by atoms with E-state index in [2.05, 4.69) is 20.8 Å². The van der Waals surface area contributed by atoms with Gasteiger partial charge in [-0.3, -0.25) is 4.55 Å². The van der Waals surface area contributed by atoms with Gasteiger partial charge >= 0.3 is 0 Å². The molecule has 0 aliphatic carbocycles. The van der Waals surface area contributed by atoms with E-state index >= 15 is 0 Å². The van der Waals surface area contributed by atoms with Gasteiger partial charge in [0.2, 0.25) is 0 Å². The number of quaternary nitrogens is 1. The van der Waals surface area contributed by atoms with Gasteiger partial charge in [0.05, 0.1) is 45.2 Å². The first-order valence-corrected chi connectivity index (χ1v) is 14.0. The molecule has 0 radical (unpaired) electrons. The highest BCUT2D eigenvalue weighted by atomic mass is 32.2. The lowest BCUT2D eigenvalue weighted by molar-refractivity contribution is -0.929. The molecule has 30 heavy (non-hydrogen) atoms. The minimum absolute atomic E-state index is 0.150. The van der Waals surface area contributed by atoms with Crippen molar-refractivity contribution in [2.75, 3.05) is 58.4 Å². The molecule has 182 valence electrons. The Morgan fingerprint density at radius 1 is 0.600 bits per heavy atom. The van der Waals surface area contributed by atoms with Crippen molar-refractivity contribution >= 4 is 10.1 Å². The molecule has 0 aromatic carbocycles. The van der Waals surface area contributed by atoms with Crippen LogP contribution < -0.4 is 0 Å². The van der Waals surface area contributed by atoms with Crippen LogP contribution in [0.1, 0.15) is 91.4 Å². The van der Waals surface area contributed by atoms with Gasteiger partial charge < -0.3 is 14.0 Å². The standard InChI is InChI=1S/C23H49NO5S/c1-4-7-10-12-15-24(16-13-11-8-5-2,17-14-23-30(25,26)27)18-20-29-22-21-28-19-9-6-3/h4-23H2,1-3H3/p+1. The number of hydrogen-bond donors (Lipinski definition) is 1. The fourth-order valence-corrected chi connectivity index (χ4v) is 4.32. The van der Waals surface area contributed by atoms with Crippen molar-refractivity contribution in [3.8, 4) is 0 Å². The predicted molar refractivity (Wildman–Crippen MR) is 126 cm³/mol. The van der Waals surface area contributed by atoms with Gasteiger partial charge in [-0.2, -0.15) is 8.42 Å². The number of ether oxygens (including phenoxy) is 2. The largest absolute Gasteiger partial charge is 0.379 e. The van der Waals surface area contributed by atoms with E-state index in [0.29, 0.717) is 26.2 Å². The van der Waals surface area contributed by atoms with Crippen molar-refractivity contribution in [3.05, 3.63) is 0 Å². The number of rotatable bonds is 23. The first kappa shape index (κ1) is 29.8. The van der Waals surface area contributed by atoms with E-state index in [1.165, 1.54) is 38.5 Å². The minimum Gasteiger partial charge on any atom is -0.379 e. The Bertz CT molecular complexity index is 458. The molecule has 0 aliphatic heterocycles. The molecule has 0 amide bonds. The third-order valence-corrected chi connectivity index (χ3v) is 6.54. The molecule has 0 heterocycles. The Hall–Kier alpha value is -0.210. The van der Waals surface area contributed by atoms with Gasteiger partial charge in [0.1, 0.15) is 6.54 Å². The quantitative estimate of drug-likeness (QED) is 0.133. The first-order valence-electron chi connectivity index (χ1n) is 12.3. The minimum atomic E-state index is -3.90. The van der Waals surface area contributed by atoms with E-state index < -0.39 is 10.1 Å². The molecule has 0 rings (SSSR count). The van der Waals surface area contributed by atoms with E-state index in [1.807, 2.05) is 0 Å². The summed E-state index contributed by atoms with van der Waals surface area (Å²) in [6.45, 7) is 13.1. The Kier molecular flexibility index (Phi) is 19.3. The van der Waals surface area contributed by atoms with E-state index in [-0.39, 0.29) is 5.75 Å². The zero-order chi connectivity index (χ0) is 22.6. The molecule has 0 saturated heterocycles. The highest BCUT2D eigenvalue weighted by molar-refractivity contribution is 7.85. The number of unbranched alkanes of at least 4 members (excludes halogenated alkanes) is 7. The molecule has 0 aromatic heterocycles. The average molecular weight is 453 g/mol. The van der Waals surface area contributed by atoms with E-state index in [1.54, 1.807) is 0 Å². The molecule has 0 atom stereocenters. The zero-order valence-electron chi connectivity index (χ0n) is 20.1. The van der Waals surface area contributed by atoms with Crippen LogP contribution in [0.5, 0.6) is 0 Å². The molecule has 0 saturated carbocycles. The van der Waals surface area contributed by atoms with Gasteiger partial charge in [-0.15, -0.1) is 0 Å². The lowest BCUT2D eigenvalue weighted by Gasteiger charge is -2.39. The molecular weight excluding hydrogens is 402 g/mol. The van der Waals surface area contributed by atoms with Gasteiger partial charge in [-0.05, 0) is 32.1 Å². The molecule has 0 spiro atoms. The van der Waals surface area contributed by atoms with Crippen molar-refractivity contribution in [2.24, 2.45) is 0 Å². The van der Waals surface area contributed by atoms with Gasteiger partial charge in [0.15, 0.2) is 0 Å². The Labute approximate surface area is 187 Å². The maximum Gasteiger partial charge on any atom is 0.265 e. The molecule has 7 heteroatoms. The van der Waals surface area contributed by atoms with Crippen molar-refractivity contribution < 1.29 is 26.9 Å². The van der Waals surface area contributed by atoms with Crippen molar-refractivity contribution in [1.82, 2.24) is 0 Å². The summed E-state index contributed by atoms with van der Waals surface area (Å²) in [5, 5.41) is 0. The van der Waals surface area contributed by atoms with Crippen molar-refractivity contribution in [3.63, 3.8) is 0 Å². The third-order valence-electron chi connectivity index (χ3n) is 5.73. The molecule has 0 unspecified atom stereocenters. The van der Waals surface area contributed by atoms with Gasteiger partial charge in [-0.25, -0.2) is 0 Å². The second-order valence-electron chi connectivity index (χ2n) is 8.58. The van der Waals surface area contributed by atoms with Crippen LogP contribution in [0.25, 0.3) is 0 Å². The van der Waals surface area contributed by atoms with E-state index in [9.17, 15) is 8.42 Å². The summed E-state index contributed by atoms with van der Waals surface area (Å²) in [7, 11) is -3.90. The fraction of sp³-hybridized carbons (Fsp3) is 1.00. The Morgan fingerprint density at radius 2 is 1.10 bits per heavy atom. The predicted octanol–water partition coefficient (Wildman–Crippen LogP) is 5.08. The van der Waals surface area contributed by atoms with Crippen molar-refractivity contribution in [2.45, 2.75) is 91.4 Å². The number of nitrogens with zero attached hydrogens (tertiary/aromatic N) is 1. The monoisotopic (exact) mass is 452 g/mol. The highest BCUT2D eigenvalue weighted by Crippen LogP contribution is 2.16. The molecule has 1 N–H and O–H groups in total. The summed E-state index contributed by atoms with van der Waals surface area (Å²) >= 11 is 0. The zero-order valence-corrected chi connectivity index (χ0v) is 20.9. The molecule has 0 fully saturated rings. The number of hydrogen-bond acceptors (Lipinski definition) is 4. The third kappa shape index (κ3) is 18.6. The Balaban J connectivity index is 4.73. The normalized spacial score (nSPS) is 12.5. The van der Waals surface area contributed by atoms with Gasteiger partial charge in [0, 0.05) is 13.0 Å². The second-order valence-corrected chi connectivity index (χ2v) is 10.1. The molecule has 0 bridgehead atoms. The fourth-order valence-electron chi connectivity index (χ4n) is 3.83. The van der Waals surface area contributed by atoms with Crippen LogP contribution in [0.4, 0.5) is 0 Å². The van der Waals surface area contributed by atoms with E-state index in [4.69, 9.17) is 14.0 Å². The van der Waals surface area contributed by atoms with Gasteiger partial charge in [0.25, 0.3) is 10.1 Å². The molecular formula is C23H50NO5S+. The molecule has 0 aromatic rings. The maximum atomic E-state index is 11.2. The Morgan fingerprint density at radius 3 is 1.60 bits per heavy atom. The average Bonchev–Trinajstić information content (AvgIpc) is 2.69. The maximum absolute atomic E-state index is 11.2. The van der Waals surface area contributed by atoms with Crippen LogP contribution in [-0.2, 0) is 19.6 Å². The van der Waals surface area contributed by atoms with Crippen LogP contribution >= 0.6 is 0 Å². The van der Waals surface area contributed by atoms with Crippen LogP contribution in [0.15, 0.2) is 0 Å². The van der Waals surface area contributed by atoms with Crippen LogP contribution in [0.2, 0.25) is 0 Å². The topological polar surface area (TPSA) is 72.8 Å². The smallest absolute Gasteiger partial charge is 0.265 e. The summed E-state index contributed by atoms with van der Waals surface area (Å²) in [6.07, 6.45) is 12.4. The summed E-state index contributed by atoms with van der Waals surface area (Å²) in [5.74, 6) is -0.150. The second kappa shape index (κ2) is 19.5. The highest BCUT2D eigenvalue weighted by Gasteiger charge is 2.27. The summed E-state index contributed by atoms with van der Waals surface area (Å²) in [6, 6.07) is 0.